The molecule has 0 radical (unpaired) electrons. The summed E-state index contributed by atoms with van der Waals surface area (Å²) in [5.74, 6) is 0.0701. The van der Waals surface area contributed by atoms with Crippen LogP contribution < -0.4 is 5.32 Å². The molecule has 3 nitrogen and oxygen atoms in total. The van der Waals surface area contributed by atoms with Crippen LogP contribution in [0.4, 0.5) is 0 Å². The largest absolute Gasteiger partial charge is 0.370 e. The van der Waals surface area contributed by atoms with Crippen LogP contribution in [0.1, 0.15) is 18.4 Å². The Morgan fingerprint density at radius 3 is 2.68 bits per heavy atom. The van der Waals surface area contributed by atoms with Crippen LogP contribution in [0.2, 0.25) is 10.0 Å². The number of carbonyl (C=O) groups is 1. The van der Waals surface area contributed by atoms with Gasteiger partial charge in [0.15, 0.2) is 5.78 Å². The molecule has 0 atom stereocenters. The van der Waals surface area contributed by atoms with E-state index in [2.05, 4.69) is 5.32 Å². The molecule has 1 aromatic carbocycles. The van der Waals surface area contributed by atoms with Gasteiger partial charge in [0.1, 0.15) is 5.60 Å². The average molecular weight is 302 g/mol. The molecule has 0 unspecified atom stereocenters. The van der Waals surface area contributed by atoms with E-state index >= 15 is 0 Å². The number of rotatable bonds is 4. The summed E-state index contributed by atoms with van der Waals surface area (Å²) >= 11 is 12.1. The zero-order valence-electron chi connectivity index (χ0n) is 10.8. The Bertz CT molecular complexity index is 471. The first-order chi connectivity index (χ1) is 9.09. The highest BCUT2D eigenvalue weighted by atomic mass is 35.5. The van der Waals surface area contributed by atoms with Crippen molar-refractivity contribution in [3.8, 4) is 0 Å². The second-order valence-electron chi connectivity index (χ2n) is 4.76. The van der Waals surface area contributed by atoms with Crippen molar-refractivity contribution in [1.29, 1.82) is 0 Å². The van der Waals surface area contributed by atoms with E-state index in [1.165, 1.54) is 0 Å². The van der Waals surface area contributed by atoms with Crippen LogP contribution in [-0.2, 0) is 16.0 Å². The molecule has 0 aromatic heterocycles. The molecule has 0 amide bonds. The normalized spacial score (nSPS) is 18.3. The Morgan fingerprint density at radius 2 is 2.05 bits per heavy atom. The number of nitrogens with one attached hydrogen (secondary N) is 1. The van der Waals surface area contributed by atoms with Gasteiger partial charge in [0, 0.05) is 13.5 Å². The fraction of sp³-hybridized carbons (Fsp3) is 0.500. The third kappa shape index (κ3) is 3.11. The van der Waals surface area contributed by atoms with Gasteiger partial charge in [-0.15, -0.1) is 0 Å². The van der Waals surface area contributed by atoms with Gasteiger partial charge in [-0.05, 0) is 37.6 Å². The number of methoxy groups -OCH3 is 1. The first kappa shape index (κ1) is 14.8. The van der Waals surface area contributed by atoms with Crippen LogP contribution in [0.5, 0.6) is 0 Å². The molecule has 0 spiro atoms. The number of hydrogen-bond donors (Lipinski definition) is 1. The van der Waals surface area contributed by atoms with Crippen LogP contribution in [0, 0.1) is 0 Å². The van der Waals surface area contributed by atoms with Gasteiger partial charge in [-0.2, -0.15) is 0 Å². The molecule has 19 heavy (non-hydrogen) atoms. The van der Waals surface area contributed by atoms with Crippen molar-refractivity contribution >= 4 is 29.0 Å². The SMILES string of the molecule is COC1(C(=O)Cc2cccc(Cl)c2Cl)CCNCC1. The monoisotopic (exact) mass is 301 g/mol. The molecule has 0 aliphatic carbocycles. The quantitative estimate of drug-likeness (QED) is 0.929. The molecule has 1 fully saturated rings. The summed E-state index contributed by atoms with van der Waals surface area (Å²) in [6.45, 7) is 1.59. The molecule has 5 heteroatoms. The molecule has 1 aliphatic rings. The van der Waals surface area contributed by atoms with E-state index < -0.39 is 5.60 Å². The van der Waals surface area contributed by atoms with E-state index in [-0.39, 0.29) is 12.2 Å². The summed E-state index contributed by atoms with van der Waals surface area (Å²) in [5, 5.41) is 4.17. The van der Waals surface area contributed by atoms with E-state index in [4.69, 9.17) is 27.9 Å². The number of benzene rings is 1. The first-order valence-corrected chi connectivity index (χ1v) is 7.07. The van der Waals surface area contributed by atoms with E-state index in [0.29, 0.717) is 22.9 Å². The van der Waals surface area contributed by atoms with Crippen molar-refractivity contribution in [2.75, 3.05) is 20.2 Å². The fourth-order valence-corrected chi connectivity index (χ4v) is 2.83. The molecule has 1 heterocycles. The fourth-order valence-electron chi connectivity index (χ4n) is 2.45. The second-order valence-corrected chi connectivity index (χ2v) is 5.55. The lowest BCUT2D eigenvalue weighted by molar-refractivity contribution is -0.143. The van der Waals surface area contributed by atoms with Crippen LogP contribution in [0.25, 0.3) is 0 Å². The number of ether oxygens (including phenoxy) is 1. The first-order valence-electron chi connectivity index (χ1n) is 6.31. The predicted octanol–water partition coefficient (Wildman–Crippen LogP) is 2.87. The highest BCUT2D eigenvalue weighted by molar-refractivity contribution is 6.42. The maximum Gasteiger partial charge on any atom is 0.169 e. The van der Waals surface area contributed by atoms with Crippen LogP contribution >= 0.6 is 23.2 Å². The molecular weight excluding hydrogens is 285 g/mol. The molecule has 0 bridgehead atoms. The molecule has 1 N–H and O–H groups in total. The van der Waals surface area contributed by atoms with Crippen LogP contribution in [0.15, 0.2) is 18.2 Å². The number of ketones is 1. The Kier molecular flexibility index (Phi) is 4.85. The highest BCUT2D eigenvalue weighted by Gasteiger charge is 2.39. The minimum Gasteiger partial charge on any atom is -0.370 e. The summed E-state index contributed by atoms with van der Waals surface area (Å²) in [4.78, 5) is 12.5. The summed E-state index contributed by atoms with van der Waals surface area (Å²) in [7, 11) is 1.60. The molecule has 104 valence electrons. The lowest BCUT2D eigenvalue weighted by atomic mass is 9.85. The van der Waals surface area contributed by atoms with Crippen LogP contribution in [-0.4, -0.2) is 31.6 Å². The van der Waals surface area contributed by atoms with Crippen molar-refractivity contribution in [2.45, 2.75) is 24.9 Å². The minimum absolute atomic E-state index is 0.0701. The van der Waals surface area contributed by atoms with E-state index in [9.17, 15) is 4.79 Å². The zero-order chi connectivity index (χ0) is 13.9. The number of Topliss-reactive ketones (excluding diaryl/α,β-unsaturated/α-hetero) is 1. The summed E-state index contributed by atoms with van der Waals surface area (Å²) < 4.78 is 5.52. The second kappa shape index (κ2) is 6.23. The highest BCUT2D eigenvalue weighted by Crippen LogP contribution is 2.30. The van der Waals surface area contributed by atoms with Crippen molar-refractivity contribution in [3.05, 3.63) is 33.8 Å². The maximum absolute atomic E-state index is 12.5. The van der Waals surface area contributed by atoms with Gasteiger partial charge in [0.05, 0.1) is 10.0 Å². The van der Waals surface area contributed by atoms with Crippen molar-refractivity contribution in [3.63, 3.8) is 0 Å². The van der Waals surface area contributed by atoms with Gasteiger partial charge in [0.25, 0.3) is 0 Å². The van der Waals surface area contributed by atoms with Gasteiger partial charge in [-0.1, -0.05) is 35.3 Å². The Morgan fingerprint density at radius 1 is 1.37 bits per heavy atom. The number of halogens is 2. The molecule has 2 rings (SSSR count). The molecular formula is C14H17Cl2NO2. The lowest BCUT2D eigenvalue weighted by Gasteiger charge is -2.35. The topological polar surface area (TPSA) is 38.3 Å². The van der Waals surface area contributed by atoms with Gasteiger partial charge < -0.3 is 10.1 Å². The summed E-state index contributed by atoms with van der Waals surface area (Å²) in [6.07, 6.45) is 1.65. The predicted molar refractivity (Wildman–Crippen MR) is 77.0 cm³/mol. The average Bonchev–Trinajstić information content (AvgIpc) is 2.44. The third-order valence-corrected chi connectivity index (χ3v) is 4.55. The number of piperidine rings is 1. The minimum atomic E-state index is -0.684. The Labute approximate surface area is 123 Å². The van der Waals surface area contributed by atoms with E-state index in [1.807, 2.05) is 6.07 Å². The summed E-state index contributed by atoms with van der Waals surface area (Å²) in [5.41, 5.74) is 0.0748. The van der Waals surface area contributed by atoms with Gasteiger partial charge >= 0.3 is 0 Å². The Balaban J connectivity index is 2.17. The molecule has 0 saturated carbocycles. The van der Waals surface area contributed by atoms with E-state index in [0.717, 1.165) is 18.7 Å². The van der Waals surface area contributed by atoms with Gasteiger partial charge in [-0.25, -0.2) is 0 Å². The maximum atomic E-state index is 12.5. The molecule has 1 aromatic rings. The van der Waals surface area contributed by atoms with Crippen molar-refractivity contribution < 1.29 is 9.53 Å². The van der Waals surface area contributed by atoms with Crippen molar-refractivity contribution in [2.24, 2.45) is 0 Å². The molecule has 1 saturated heterocycles. The smallest absolute Gasteiger partial charge is 0.169 e. The van der Waals surface area contributed by atoms with Crippen molar-refractivity contribution in [1.82, 2.24) is 5.32 Å². The number of hydrogen-bond acceptors (Lipinski definition) is 3. The Hall–Kier alpha value is -0.610. The van der Waals surface area contributed by atoms with Crippen LogP contribution in [0.3, 0.4) is 0 Å². The zero-order valence-corrected chi connectivity index (χ0v) is 12.4. The van der Waals surface area contributed by atoms with Gasteiger partial charge in [-0.3, -0.25) is 4.79 Å². The van der Waals surface area contributed by atoms with E-state index in [1.54, 1.807) is 19.2 Å². The summed E-state index contributed by atoms with van der Waals surface area (Å²) in [6, 6.07) is 5.35. The number of carbonyl (C=O) groups excluding carboxylic acids is 1. The third-order valence-electron chi connectivity index (χ3n) is 3.69. The van der Waals surface area contributed by atoms with Gasteiger partial charge in [0.2, 0.25) is 0 Å². The molecule has 1 aliphatic heterocycles. The lowest BCUT2D eigenvalue weighted by Crippen LogP contribution is -2.49. The standard InChI is InChI=1S/C14H17Cl2NO2/c1-19-14(5-7-17-8-6-14)12(18)9-10-3-2-4-11(15)13(10)16/h2-4,17H,5-9H2,1H3.